The number of likely N-dealkylation sites (tertiary alicyclic amines) is 1. The van der Waals surface area contributed by atoms with E-state index in [9.17, 15) is 14.4 Å². The number of amides is 3. The molecular formula is C15H27N3O4. The highest BCUT2D eigenvalue weighted by Crippen LogP contribution is 2.11. The predicted octanol–water partition coefficient (Wildman–Crippen LogP) is 0.982. The molecule has 0 unspecified atom stereocenters. The molecule has 0 saturated carbocycles. The van der Waals surface area contributed by atoms with Gasteiger partial charge in [0.05, 0.1) is 13.2 Å². The Labute approximate surface area is 132 Å². The molecule has 7 nitrogen and oxygen atoms in total. The van der Waals surface area contributed by atoms with Crippen LogP contribution in [0.5, 0.6) is 0 Å². The predicted molar refractivity (Wildman–Crippen MR) is 82.3 cm³/mol. The minimum atomic E-state index is -0.294. The number of ether oxygens (including phenoxy) is 1. The molecule has 1 aliphatic rings. The van der Waals surface area contributed by atoms with Gasteiger partial charge in [0, 0.05) is 32.6 Å². The Morgan fingerprint density at radius 2 is 1.86 bits per heavy atom. The van der Waals surface area contributed by atoms with E-state index in [0.29, 0.717) is 39.1 Å². The SMILES string of the molecule is CCCN(CC(=O)NC1CCN(C(=O)OCC)CC1)C(C)=O. The lowest BCUT2D eigenvalue weighted by atomic mass is 10.1. The molecule has 0 spiro atoms. The van der Waals surface area contributed by atoms with Gasteiger partial charge < -0.3 is 19.9 Å². The zero-order chi connectivity index (χ0) is 16.5. The first-order valence-electron chi connectivity index (χ1n) is 7.94. The summed E-state index contributed by atoms with van der Waals surface area (Å²) in [5, 5.41) is 2.94. The van der Waals surface area contributed by atoms with E-state index >= 15 is 0 Å². The summed E-state index contributed by atoms with van der Waals surface area (Å²) in [6.45, 7) is 7.44. The second-order valence-electron chi connectivity index (χ2n) is 5.47. The molecule has 0 aromatic heterocycles. The number of carbonyl (C=O) groups excluding carboxylic acids is 3. The van der Waals surface area contributed by atoms with Gasteiger partial charge in [-0.15, -0.1) is 0 Å². The number of piperidine rings is 1. The summed E-state index contributed by atoms with van der Waals surface area (Å²) in [5.41, 5.74) is 0. The minimum absolute atomic E-state index is 0.0496. The summed E-state index contributed by atoms with van der Waals surface area (Å²) in [6, 6.07) is 0.0496. The van der Waals surface area contributed by atoms with Gasteiger partial charge in [-0.3, -0.25) is 9.59 Å². The van der Waals surface area contributed by atoms with Crippen LogP contribution in [-0.4, -0.2) is 66.5 Å². The average Bonchev–Trinajstić information content (AvgIpc) is 2.47. The van der Waals surface area contributed by atoms with E-state index in [-0.39, 0.29) is 30.5 Å². The Balaban J connectivity index is 2.35. The number of nitrogens with one attached hydrogen (secondary N) is 1. The highest BCUT2D eigenvalue weighted by atomic mass is 16.6. The molecule has 0 aromatic carbocycles. The largest absolute Gasteiger partial charge is 0.450 e. The molecule has 1 aliphatic heterocycles. The fourth-order valence-corrected chi connectivity index (χ4v) is 2.49. The van der Waals surface area contributed by atoms with E-state index in [2.05, 4.69) is 5.32 Å². The van der Waals surface area contributed by atoms with Gasteiger partial charge in [-0.1, -0.05) is 6.92 Å². The van der Waals surface area contributed by atoms with Gasteiger partial charge >= 0.3 is 6.09 Å². The number of hydrogen-bond donors (Lipinski definition) is 1. The second-order valence-corrected chi connectivity index (χ2v) is 5.47. The lowest BCUT2D eigenvalue weighted by Crippen LogP contribution is -2.49. The quantitative estimate of drug-likeness (QED) is 0.793. The van der Waals surface area contributed by atoms with Gasteiger partial charge in [0.15, 0.2) is 0 Å². The number of hydrogen-bond acceptors (Lipinski definition) is 4. The van der Waals surface area contributed by atoms with E-state index in [1.54, 1.807) is 16.7 Å². The summed E-state index contributed by atoms with van der Waals surface area (Å²) >= 11 is 0. The van der Waals surface area contributed by atoms with Crippen molar-refractivity contribution in [3.63, 3.8) is 0 Å². The number of rotatable bonds is 6. The zero-order valence-corrected chi connectivity index (χ0v) is 13.8. The van der Waals surface area contributed by atoms with Crippen molar-refractivity contribution in [2.45, 2.75) is 46.1 Å². The molecule has 1 heterocycles. The molecule has 126 valence electrons. The lowest BCUT2D eigenvalue weighted by molar-refractivity contribution is -0.134. The van der Waals surface area contributed by atoms with Crippen molar-refractivity contribution >= 4 is 17.9 Å². The van der Waals surface area contributed by atoms with Gasteiger partial charge in [0.25, 0.3) is 0 Å². The maximum Gasteiger partial charge on any atom is 0.409 e. The number of carbonyl (C=O) groups is 3. The van der Waals surface area contributed by atoms with Gasteiger partial charge in [-0.2, -0.15) is 0 Å². The third-order valence-corrected chi connectivity index (χ3v) is 3.66. The number of nitrogens with zero attached hydrogens (tertiary/aromatic N) is 2. The Bertz CT molecular complexity index is 392. The fourth-order valence-electron chi connectivity index (χ4n) is 2.49. The van der Waals surface area contributed by atoms with Crippen molar-refractivity contribution in [3.8, 4) is 0 Å². The van der Waals surface area contributed by atoms with Crippen LogP contribution >= 0.6 is 0 Å². The third-order valence-electron chi connectivity index (χ3n) is 3.66. The molecule has 0 atom stereocenters. The Morgan fingerprint density at radius 1 is 1.23 bits per heavy atom. The van der Waals surface area contributed by atoms with Crippen molar-refractivity contribution in [1.29, 1.82) is 0 Å². The lowest BCUT2D eigenvalue weighted by Gasteiger charge is -2.32. The highest BCUT2D eigenvalue weighted by Gasteiger charge is 2.25. The van der Waals surface area contributed by atoms with Crippen LogP contribution in [0.25, 0.3) is 0 Å². The molecule has 1 N–H and O–H groups in total. The fraction of sp³-hybridized carbons (Fsp3) is 0.800. The molecule has 22 heavy (non-hydrogen) atoms. The van der Waals surface area contributed by atoms with E-state index in [1.807, 2.05) is 6.92 Å². The maximum atomic E-state index is 12.0. The normalized spacial score (nSPS) is 15.3. The summed E-state index contributed by atoms with van der Waals surface area (Å²) in [7, 11) is 0. The molecule has 0 bridgehead atoms. The van der Waals surface area contributed by atoms with Crippen molar-refractivity contribution in [2.75, 3.05) is 32.8 Å². The Morgan fingerprint density at radius 3 is 2.36 bits per heavy atom. The highest BCUT2D eigenvalue weighted by molar-refractivity contribution is 5.83. The molecule has 0 aromatic rings. The van der Waals surface area contributed by atoms with E-state index in [0.717, 1.165) is 6.42 Å². The van der Waals surface area contributed by atoms with Gasteiger partial charge in [-0.25, -0.2) is 4.79 Å². The van der Waals surface area contributed by atoms with Crippen LogP contribution in [-0.2, 0) is 14.3 Å². The van der Waals surface area contributed by atoms with Crippen molar-refractivity contribution < 1.29 is 19.1 Å². The molecule has 1 rings (SSSR count). The van der Waals surface area contributed by atoms with Crippen LogP contribution in [0.15, 0.2) is 0 Å². The van der Waals surface area contributed by atoms with Crippen LogP contribution in [0.4, 0.5) is 4.79 Å². The van der Waals surface area contributed by atoms with Crippen LogP contribution < -0.4 is 5.32 Å². The monoisotopic (exact) mass is 313 g/mol. The smallest absolute Gasteiger partial charge is 0.409 e. The molecule has 0 aliphatic carbocycles. The molecule has 0 radical (unpaired) electrons. The van der Waals surface area contributed by atoms with Crippen LogP contribution in [0.3, 0.4) is 0 Å². The zero-order valence-electron chi connectivity index (χ0n) is 13.8. The van der Waals surface area contributed by atoms with E-state index in [4.69, 9.17) is 4.74 Å². The van der Waals surface area contributed by atoms with Gasteiger partial charge in [-0.05, 0) is 26.2 Å². The second kappa shape index (κ2) is 9.27. The summed E-state index contributed by atoms with van der Waals surface area (Å²) in [6.07, 6.45) is 1.94. The van der Waals surface area contributed by atoms with Crippen LogP contribution in [0.2, 0.25) is 0 Å². The van der Waals surface area contributed by atoms with Gasteiger partial charge in [0.1, 0.15) is 0 Å². The Hall–Kier alpha value is -1.79. The maximum absolute atomic E-state index is 12.0. The third kappa shape index (κ3) is 5.91. The Kier molecular flexibility index (Phi) is 7.70. The van der Waals surface area contributed by atoms with Crippen molar-refractivity contribution in [3.05, 3.63) is 0 Å². The molecule has 7 heteroatoms. The first-order valence-corrected chi connectivity index (χ1v) is 7.94. The van der Waals surface area contributed by atoms with Crippen molar-refractivity contribution in [2.24, 2.45) is 0 Å². The first kappa shape index (κ1) is 18.3. The minimum Gasteiger partial charge on any atom is -0.450 e. The van der Waals surface area contributed by atoms with Crippen molar-refractivity contribution in [1.82, 2.24) is 15.1 Å². The molecule has 1 fully saturated rings. The summed E-state index contributed by atoms with van der Waals surface area (Å²) in [5.74, 6) is -0.229. The summed E-state index contributed by atoms with van der Waals surface area (Å²) < 4.78 is 4.96. The standard InChI is InChI=1S/C15H27N3O4/c1-4-8-18(12(3)19)11-14(20)16-13-6-9-17(10-7-13)15(21)22-5-2/h13H,4-11H2,1-3H3,(H,16,20). The average molecular weight is 313 g/mol. The van der Waals surface area contributed by atoms with Gasteiger partial charge in [0.2, 0.25) is 11.8 Å². The summed E-state index contributed by atoms with van der Waals surface area (Å²) in [4.78, 5) is 38.2. The van der Waals surface area contributed by atoms with E-state index in [1.165, 1.54) is 6.92 Å². The van der Waals surface area contributed by atoms with Crippen LogP contribution in [0.1, 0.15) is 40.0 Å². The van der Waals surface area contributed by atoms with Crippen LogP contribution in [0, 0.1) is 0 Å². The van der Waals surface area contributed by atoms with E-state index < -0.39 is 0 Å². The molecule has 1 saturated heterocycles. The first-order chi connectivity index (χ1) is 10.5. The topological polar surface area (TPSA) is 79.0 Å². The molecular weight excluding hydrogens is 286 g/mol. The molecule has 3 amide bonds.